The lowest BCUT2D eigenvalue weighted by molar-refractivity contribution is 0.615. The first kappa shape index (κ1) is 11.8. The van der Waals surface area contributed by atoms with E-state index in [2.05, 4.69) is 9.97 Å². The topological polar surface area (TPSA) is 72.0 Å². The van der Waals surface area contributed by atoms with Gasteiger partial charge in [-0.25, -0.2) is 4.98 Å². The average Bonchev–Trinajstić information content (AvgIpc) is 2.39. The van der Waals surface area contributed by atoms with Crippen LogP contribution < -0.4 is 22.3 Å². The van der Waals surface area contributed by atoms with Crippen LogP contribution >= 0.6 is 0 Å². The SMILES string of the molecule is NCc1cc(Bc2cccc(BO)c2)ncn1. The number of hydrogen-bond acceptors (Lipinski definition) is 4. The monoisotopic (exact) mass is 225 g/mol. The standard InChI is InChI=1S/C11H13B2N3O/c14-6-10-5-11(16-7-15-10)12-8-2-1-3-9(4-8)13-17/h1-5,7,12-13,17H,6,14H2. The molecule has 1 aromatic carbocycles. The lowest BCUT2D eigenvalue weighted by Gasteiger charge is -2.03. The normalized spacial score (nSPS) is 10.0. The largest absolute Gasteiger partial charge is 0.449 e. The van der Waals surface area contributed by atoms with E-state index in [-0.39, 0.29) is 7.48 Å². The summed E-state index contributed by atoms with van der Waals surface area (Å²) in [5.74, 6) is 0. The first-order valence-corrected chi connectivity index (χ1v) is 5.50. The van der Waals surface area contributed by atoms with E-state index in [4.69, 9.17) is 10.8 Å². The Morgan fingerprint density at radius 2 is 2.00 bits per heavy atom. The molecule has 3 N–H and O–H groups in total. The molecule has 84 valence electrons. The third-order valence-electron chi connectivity index (χ3n) is 2.55. The van der Waals surface area contributed by atoms with E-state index in [0.717, 1.165) is 29.5 Å². The van der Waals surface area contributed by atoms with E-state index in [1.54, 1.807) is 0 Å². The fourth-order valence-corrected chi connectivity index (χ4v) is 1.70. The Labute approximate surface area is 101 Å². The molecule has 4 nitrogen and oxygen atoms in total. The fraction of sp³-hybridized carbons (Fsp3) is 0.0909. The van der Waals surface area contributed by atoms with Crippen LogP contribution in [0, 0.1) is 0 Å². The minimum atomic E-state index is 0.0612. The van der Waals surface area contributed by atoms with Crippen LogP contribution in [0.2, 0.25) is 0 Å². The van der Waals surface area contributed by atoms with Gasteiger partial charge in [0.05, 0.1) is 5.69 Å². The zero-order chi connectivity index (χ0) is 12.1. The quantitative estimate of drug-likeness (QED) is 0.555. The maximum Gasteiger partial charge on any atom is 0.304 e. The molecular weight excluding hydrogens is 212 g/mol. The van der Waals surface area contributed by atoms with Gasteiger partial charge in [-0.2, -0.15) is 0 Å². The number of nitrogens with two attached hydrogens (primary N) is 1. The lowest BCUT2D eigenvalue weighted by Crippen LogP contribution is -2.33. The van der Waals surface area contributed by atoms with Crippen molar-refractivity contribution in [1.82, 2.24) is 9.97 Å². The summed E-state index contributed by atoms with van der Waals surface area (Å²) < 4.78 is 0. The molecule has 0 atom stereocenters. The van der Waals surface area contributed by atoms with Gasteiger partial charge < -0.3 is 10.8 Å². The van der Waals surface area contributed by atoms with E-state index < -0.39 is 0 Å². The molecule has 1 aromatic heterocycles. The Balaban J connectivity index is 2.18. The van der Waals surface area contributed by atoms with E-state index in [0.29, 0.717) is 6.54 Å². The molecule has 2 rings (SSSR count). The van der Waals surface area contributed by atoms with Crippen molar-refractivity contribution in [2.24, 2.45) is 5.73 Å². The number of aromatic nitrogens is 2. The highest BCUT2D eigenvalue weighted by molar-refractivity contribution is 6.67. The highest BCUT2D eigenvalue weighted by Gasteiger charge is 2.03. The Bertz CT molecular complexity index is 462. The molecule has 1 heterocycles. The zero-order valence-electron chi connectivity index (χ0n) is 9.50. The molecular formula is C11H13B2N3O. The van der Waals surface area contributed by atoms with Crippen LogP contribution in [-0.2, 0) is 6.54 Å². The van der Waals surface area contributed by atoms with Crippen LogP contribution in [0.3, 0.4) is 0 Å². The van der Waals surface area contributed by atoms with Crippen molar-refractivity contribution in [3.63, 3.8) is 0 Å². The first-order valence-electron chi connectivity index (χ1n) is 5.50. The van der Waals surface area contributed by atoms with E-state index >= 15 is 0 Å². The summed E-state index contributed by atoms with van der Waals surface area (Å²) in [5.41, 5.74) is 9.35. The van der Waals surface area contributed by atoms with Crippen LogP contribution in [0.1, 0.15) is 5.69 Å². The molecule has 0 aliphatic rings. The molecule has 0 amide bonds. The Morgan fingerprint density at radius 3 is 2.76 bits per heavy atom. The van der Waals surface area contributed by atoms with Gasteiger partial charge in [0.2, 0.25) is 7.28 Å². The molecule has 0 bridgehead atoms. The summed E-state index contributed by atoms with van der Waals surface area (Å²) in [5, 5.41) is 9.07. The third-order valence-corrected chi connectivity index (χ3v) is 2.55. The molecule has 0 aliphatic heterocycles. The van der Waals surface area contributed by atoms with Crippen LogP contribution in [0.5, 0.6) is 0 Å². The molecule has 0 spiro atoms. The van der Waals surface area contributed by atoms with Crippen LogP contribution in [-0.4, -0.2) is 29.8 Å². The number of rotatable bonds is 4. The molecule has 2 aromatic rings. The zero-order valence-corrected chi connectivity index (χ0v) is 9.50. The first-order chi connectivity index (χ1) is 8.31. The molecule has 0 radical (unpaired) electrons. The van der Waals surface area contributed by atoms with E-state index in [1.807, 2.05) is 30.3 Å². The summed E-state index contributed by atoms with van der Waals surface area (Å²) in [6, 6.07) is 9.74. The second kappa shape index (κ2) is 5.61. The van der Waals surface area contributed by atoms with Crippen LogP contribution in [0.25, 0.3) is 0 Å². The highest BCUT2D eigenvalue weighted by atomic mass is 16.2. The van der Waals surface area contributed by atoms with Gasteiger partial charge in [-0.05, 0) is 6.07 Å². The lowest BCUT2D eigenvalue weighted by atomic mass is 9.65. The average molecular weight is 225 g/mol. The summed E-state index contributed by atoms with van der Waals surface area (Å²) >= 11 is 0. The Hall–Kier alpha value is -1.65. The second-order valence-corrected chi connectivity index (χ2v) is 3.86. The number of nitrogens with zero attached hydrogens (tertiary/aromatic N) is 2. The summed E-state index contributed by atoms with van der Waals surface area (Å²) in [7, 11) is 0.787. The Kier molecular flexibility index (Phi) is 3.90. The van der Waals surface area contributed by atoms with Gasteiger partial charge in [0.25, 0.3) is 0 Å². The van der Waals surface area contributed by atoms with Gasteiger partial charge in [-0.15, -0.1) is 0 Å². The fourth-order valence-electron chi connectivity index (χ4n) is 1.70. The molecule has 0 saturated carbocycles. The van der Waals surface area contributed by atoms with Gasteiger partial charge in [-0.3, -0.25) is 4.98 Å². The maximum atomic E-state index is 9.07. The molecule has 6 heteroatoms. The number of benzene rings is 1. The number of hydrogen-bond donors (Lipinski definition) is 2. The molecule has 0 unspecified atom stereocenters. The summed E-state index contributed by atoms with van der Waals surface area (Å²) in [6.07, 6.45) is 1.54. The summed E-state index contributed by atoms with van der Waals surface area (Å²) in [4.78, 5) is 8.27. The third kappa shape index (κ3) is 3.15. The van der Waals surface area contributed by atoms with Crippen LogP contribution in [0.15, 0.2) is 36.7 Å². The van der Waals surface area contributed by atoms with Crippen molar-refractivity contribution in [2.75, 3.05) is 0 Å². The minimum Gasteiger partial charge on any atom is -0.449 e. The highest BCUT2D eigenvalue weighted by Crippen LogP contribution is 1.86. The van der Waals surface area contributed by atoms with Gasteiger partial charge in [0.15, 0.2) is 0 Å². The molecule has 0 saturated heterocycles. The minimum absolute atomic E-state index is 0.0612. The second-order valence-electron chi connectivity index (χ2n) is 3.86. The predicted octanol–water partition coefficient (Wildman–Crippen LogP) is -2.71. The van der Waals surface area contributed by atoms with E-state index in [9.17, 15) is 0 Å². The molecule has 0 aliphatic carbocycles. The van der Waals surface area contributed by atoms with Crippen LogP contribution in [0.4, 0.5) is 0 Å². The van der Waals surface area contributed by atoms with Crippen molar-refractivity contribution in [3.8, 4) is 0 Å². The van der Waals surface area contributed by atoms with Gasteiger partial charge in [0, 0.05) is 12.1 Å². The van der Waals surface area contributed by atoms with Crippen molar-refractivity contribution in [2.45, 2.75) is 6.54 Å². The van der Waals surface area contributed by atoms with Crippen molar-refractivity contribution in [1.29, 1.82) is 0 Å². The van der Waals surface area contributed by atoms with Gasteiger partial charge >= 0.3 is 7.48 Å². The van der Waals surface area contributed by atoms with Crippen molar-refractivity contribution in [3.05, 3.63) is 42.4 Å². The maximum absolute atomic E-state index is 9.07. The van der Waals surface area contributed by atoms with Gasteiger partial charge in [0.1, 0.15) is 6.33 Å². The van der Waals surface area contributed by atoms with Crippen molar-refractivity contribution < 1.29 is 5.02 Å². The summed E-state index contributed by atoms with van der Waals surface area (Å²) in [6.45, 7) is 0.423. The molecule has 17 heavy (non-hydrogen) atoms. The van der Waals surface area contributed by atoms with Crippen molar-refractivity contribution >= 4 is 31.3 Å². The smallest absolute Gasteiger partial charge is 0.304 e. The Morgan fingerprint density at radius 1 is 1.18 bits per heavy atom. The molecule has 0 fully saturated rings. The predicted molar refractivity (Wildman–Crippen MR) is 71.8 cm³/mol. The van der Waals surface area contributed by atoms with E-state index in [1.165, 1.54) is 6.33 Å². The van der Waals surface area contributed by atoms with Gasteiger partial charge in [-0.1, -0.05) is 35.2 Å².